The summed E-state index contributed by atoms with van der Waals surface area (Å²) in [6.07, 6.45) is -2.85. The van der Waals surface area contributed by atoms with Crippen molar-refractivity contribution in [2.45, 2.75) is 30.7 Å². The molecule has 2 heterocycles. The third-order valence-corrected chi connectivity index (χ3v) is 7.25. The summed E-state index contributed by atoms with van der Waals surface area (Å²) in [7, 11) is 0. The average Bonchev–Trinajstić information content (AvgIpc) is 3.37. The smallest absolute Gasteiger partial charge is 0.345 e. The summed E-state index contributed by atoms with van der Waals surface area (Å²) in [5, 5.41) is 11.4. The van der Waals surface area contributed by atoms with Crippen LogP contribution in [0.4, 0.5) is 18.9 Å². The highest BCUT2D eigenvalue weighted by Crippen LogP contribution is 2.32. The van der Waals surface area contributed by atoms with E-state index in [-0.39, 0.29) is 18.2 Å². The van der Waals surface area contributed by atoms with Crippen LogP contribution in [0.25, 0.3) is 5.69 Å². The van der Waals surface area contributed by atoms with Gasteiger partial charge in [-0.05, 0) is 48.7 Å². The number of benzene rings is 3. The van der Waals surface area contributed by atoms with Crippen molar-refractivity contribution in [3.63, 3.8) is 0 Å². The van der Waals surface area contributed by atoms with E-state index in [1.807, 2.05) is 54.6 Å². The summed E-state index contributed by atoms with van der Waals surface area (Å²) in [6.45, 7) is 0.472. The number of carbonyl (C=O) groups is 2. The van der Waals surface area contributed by atoms with Crippen molar-refractivity contribution in [1.29, 1.82) is 0 Å². The number of para-hydroxylation sites is 2. The van der Waals surface area contributed by atoms with Gasteiger partial charge in [0.15, 0.2) is 11.0 Å². The number of thioether (sulfide) groups is 1. The molecule has 0 fully saturated rings. The number of aryl methyl sites for hydroxylation is 1. The molecule has 0 unspecified atom stereocenters. The van der Waals surface area contributed by atoms with Crippen LogP contribution in [0.5, 0.6) is 0 Å². The van der Waals surface area contributed by atoms with Crippen molar-refractivity contribution < 1.29 is 22.8 Å². The topological polar surface area (TPSA) is 80.1 Å². The molecule has 1 aromatic heterocycles. The van der Waals surface area contributed by atoms with Gasteiger partial charge in [0, 0.05) is 17.9 Å². The fourth-order valence-corrected chi connectivity index (χ4v) is 5.37. The van der Waals surface area contributed by atoms with E-state index >= 15 is 0 Å². The summed E-state index contributed by atoms with van der Waals surface area (Å²) < 4.78 is 41.9. The summed E-state index contributed by atoms with van der Waals surface area (Å²) in [5.74, 6) is -0.505. The summed E-state index contributed by atoms with van der Waals surface area (Å²) in [5.41, 5.74) is 1.26. The zero-order valence-corrected chi connectivity index (χ0v) is 21.5. The number of anilines is 1. The minimum Gasteiger partial charge on any atom is -0.345 e. The Morgan fingerprint density at radius 1 is 0.923 bits per heavy atom. The molecule has 0 spiro atoms. The molecular weight excluding hydrogens is 527 g/mol. The third kappa shape index (κ3) is 5.83. The zero-order chi connectivity index (χ0) is 27.4. The van der Waals surface area contributed by atoms with Crippen molar-refractivity contribution in [2.75, 3.05) is 17.2 Å². The Balaban J connectivity index is 1.35. The molecule has 1 N–H and O–H groups in total. The quantitative estimate of drug-likeness (QED) is 0.316. The molecule has 0 saturated carbocycles. The van der Waals surface area contributed by atoms with E-state index in [1.165, 1.54) is 23.9 Å². The number of halogens is 3. The van der Waals surface area contributed by atoms with Crippen molar-refractivity contribution in [1.82, 2.24) is 20.1 Å². The lowest BCUT2D eigenvalue weighted by Crippen LogP contribution is -2.36. The van der Waals surface area contributed by atoms with E-state index in [0.29, 0.717) is 23.2 Å². The van der Waals surface area contributed by atoms with Crippen LogP contribution in [-0.2, 0) is 23.9 Å². The highest BCUT2D eigenvalue weighted by molar-refractivity contribution is 7.99. The van der Waals surface area contributed by atoms with Gasteiger partial charge in [0.1, 0.15) is 0 Å². The molecule has 0 radical (unpaired) electrons. The number of amides is 2. The molecule has 0 atom stereocenters. The van der Waals surface area contributed by atoms with E-state index in [0.717, 1.165) is 36.2 Å². The minimum atomic E-state index is -4.66. The van der Waals surface area contributed by atoms with Crippen LogP contribution in [0, 0.1) is 0 Å². The third-order valence-electron chi connectivity index (χ3n) is 6.33. The van der Waals surface area contributed by atoms with Gasteiger partial charge in [-0.25, -0.2) is 0 Å². The monoisotopic (exact) mass is 551 g/mol. The highest BCUT2D eigenvalue weighted by atomic mass is 32.2. The van der Waals surface area contributed by atoms with Crippen molar-refractivity contribution in [2.24, 2.45) is 0 Å². The molecule has 1 aliphatic rings. The van der Waals surface area contributed by atoms with Gasteiger partial charge in [0.05, 0.1) is 23.4 Å². The molecule has 11 heteroatoms. The van der Waals surface area contributed by atoms with Crippen LogP contribution in [-0.4, -0.2) is 38.9 Å². The first-order valence-corrected chi connectivity index (χ1v) is 13.3. The molecule has 1 aliphatic heterocycles. The standard InChI is InChI=1S/C28H24F3N5O2S/c29-28(30,31)22-14-6-5-13-21(22)26(38)32-17-24-33-34-27(36(24)20-11-2-1-3-12-20)39-18-25(37)35-16-8-10-19-9-4-7-15-23(19)35/h1-7,9,11-15H,8,10,16-18H2,(H,32,38). The molecule has 39 heavy (non-hydrogen) atoms. The van der Waals surface area contributed by atoms with Crippen LogP contribution in [0.2, 0.25) is 0 Å². The SMILES string of the molecule is O=C(NCc1nnc(SCC(=O)N2CCCc3ccccc32)n1-c1ccccc1)c1ccccc1C(F)(F)F. The van der Waals surface area contributed by atoms with E-state index in [2.05, 4.69) is 15.5 Å². The number of alkyl halides is 3. The molecule has 3 aromatic carbocycles. The maximum Gasteiger partial charge on any atom is 0.417 e. The number of rotatable bonds is 7. The van der Waals surface area contributed by atoms with Crippen LogP contribution < -0.4 is 10.2 Å². The predicted octanol–water partition coefficient (Wildman–Crippen LogP) is 5.29. The minimum absolute atomic E-state index is 0.0617. The Kier molecular flexibility index (Phi) is 7.69. The van der Waals surface area contributed by atoms with Gasteiger partial charge in [-0.1, -0.05) is 60.3 Å². The Labute approximate surface area is 227 Å². The van der Waals surface area contributed by atoms with Gasteiger partial charge >= 0.3 is 6.18 Å². The Bertz CT molecular complexity index is 1490. The number of nitrogens with one attached hydrogen (secondary N) is 1. The second-order valence-corrected chi connectivity index (χ2v) is 9.80. The number of nitrogens with zero attached hydrogens (tertiary/aromatic N) is 4. The van der Waals surface area contributed by atoms with Crippen LogP contribution in [0.3, 0.4) is 0 Å². The first-order valence-electron chi connectivity index (χ1n) is 12.3. The highest BCUT2D eigenvalue weighted by Gasteiger charge is 2.35. The number of hydrogen-bond donors (Lipinski definition) is 1. The van der Waals surface area contributed by atoms with E-state index in [4.69, 9.17) is 0 Å². The molecule has 200 valence electrons. The summed E-state index contributed by atoms with van der Waals surface area (Å²) >= 11 is 1.21. The van der Waals surface area contributed by atoms with Gasteiger partial charge in [0.2, 0.25) is 5.91 Å². The number of hydrogen-bond acceptors (Lipinski definition) is 5. The largest absolute Gasteiger partial charge is 0.417 e. The Morgan fingerprint density at radius 2 is 1.64 bits per heavy atom. The maximum absolute atomic E-state index is 13.4. The molecule has 0 bridgehead atoms. The number of aromatic nitrogens is 3. The molecule has 2 amide bonds. The van der Waals surface area contributed by atoms with Gasteiger partial charge in [-0.15, -0.1) is 10.2 Å². The summed E-state index contributed by atoms with van der Waals surface area (Å²) in [4.78, 5) is 27.7. The van der Waals surface area contributed by atoms with Gasteiger partial charge in [-0.3, -0.25) is 14.2 Å². The second kappa shape index (κ2) is 11.3. The van der Waals surface area contributed by atoms with Gasteiger partial charge in [-0.2, -0.15) is 13.2 Å². The fourth-order valence-electron chi connectivity index (χ4n) is 4.52. The van der Waals surface area contributed by atoms with Gasteiger partial charge in [0.25, 0.3) is 5.91 Å². The number of fused-ring (bicyclic) bond motifs is 1. The van der Waals surface area contributed by atoms with Crippen LogP contribution in [0.1, 0.15) is 33.7 Å². The lowest BCUT2D eigenvalue weighted by Gasteiger charge is -2.29. The second-order valence-electron chi connectivity index (χ2n) is 8.86. The van der Waals surface area contributed by atoms with Crippen LogP contribution >= 0.6 is 11.8 Å². The molecule has 7 nitrogen and oxygen atoms in total. The van der Waals surface area contributed by atoms with E-state index < -0.39 is 23.2 Å². The molecular formula is C28H24F3N5O2S. The zero-order valence-electron chi connectivity index (χ0n) is 20.7. The van der Waals surface area contributed by atoms with E-state index in [9.17, 15) is 22.8 Å². The maximum atomic E-state index is 13.4. The average molecular weight is 552 g/mol. The molecule has 0 saturated heterocycles. The van der Waals surface area contributed by atoms with Crippen LogP contribution in [0.15, 0.2) is 84.0 Å². The summed E-state index contributed by atoms with van der Waals surface area (Å²) in [6, 6.07) is 21.6. The number of carbonyl (C=O) groups excluding carboxylic acids is 2. The first kappa shape index (κ1) is 26.5. The van der Waals surface area contributed by atoms with Gasteiger partial charge < -0.3 is 10.2 Å². The molecule has 5 rings (SSSR count). The van der Waals surface area contributed by atoms with E-state index in [1.54, 1.807) is 9.47 Å². The van der Waals surface area contributed by atoms with Crippen molar-refractivity contribution >= 4 is 29.3 Å². The van der Waals surface area contributed by atoms with Crippen molar-refractivity contribution in [3.05, 3.63) is 101 Å². The Morgan fingerprint density at radius 3 is 2.44 bits per heavy atom. The molecule has 0 aliphatic carbocycles. The normalized spacial score (nSPS) is 13.2. The Hall–Kier alpha value is -4.12. The van der Waals surface area contributed by atoms with Crippen molar-refractivity contribution in [3.8, 4) is 5.69 Å². The molecule has 4 aromatic rings. The lowest BCUT2D eigenvalue weighted by atomic mass is 10.0. The predicted molar refractivity (Wildman–Crippen MR) is 142 cm³/mol. The lowest BCUT2D eigenvalue weighted by molar-refractivity contribution is -0.138. The fraction of sp³-hybridized carbons (Fsp3) is 0.214. The first-order chi connectivity index (χ1) is 18.8.